The van der Waals surface area contributed by atoms with Gasteiger partial charge < -0.3 is 14.8 Å². The lowest BCUT2D eigenvalue weighted by molar-refractivity contribution is -0.119. The summed E-state index contributed by atoms with van der Waals surface area (Å²) in [4.78, 5) is 12.6. The minimum atomic E-state index is -3.71. The molecule has 1 N–H and O–H groups in total. The van der Waals surface area contributed by atoms with Crippen molar-refractivity contribution < 1.29 is 27.1 Å². The molecule has 0 fully saturated rings. The minimum absolute atomic E-state index is 0.221. The highest BCUT2D eigenvalue weighted by atomic mass is 32.2. The van der Waals surface area contributed by atoms with Crippen LogP contribution in [0.15, 0.2) is 103 Å². The number of hydrogen-bond donors (Lipinski definition) is 1. The molecule has 0 spiro atoms. The van der Waals surface area contributed by atoms with Crippen LogP contribution in [0.5, 0.6) is 17.2 Å². The summed E-state index contributed by atoms with van der Waals surface area (Å²) < 4.78 is 50.3. The van der Waals surface area contributed by atoms with E-state index in [9.17, 15) is 17.6 Å². The maximum absolute atomic E-state index is 13.0. The number of sulfonamides is 1. The largest absolute Gasteiger partial charge is 0.489 e. The SMILES string of the molecule is CS(=O)(=O)N(CC(=O)NCc1ccc(OCc2ccc(F)cc2)cc1)c1ccc(Oc2ccccc2)cc1. The molecule has 0 unspecified atom stereocenters. The molecule has 0 aliphatic rings. The van der Waals surface area contributed by atoms with Gasteiger partial charge in [0.05, 0.1) is 11.9 Å². The van der Waals surface area contributed by atoms with Gasteiger partial charge in [0.15, 0.2) is 0 Å². The Bertz CT molecular complexity index is 1440. The van der Waals surface area contributed by atoms with Crippen LogP contribution in [0.4, 0.5) is 10.1 Å². The van der Waals surface area contributed by atoms with Gasteiger partial charge in [0.25, 0.3) is 0 Å². The predicted octanol–water partition coefficient (Wildman–Crippen LogP) is 5.28. The van der Waals surface area contributed by atoms with Crippen LogP contribution in [0, 0.1) is 5.82 Å². The number of amides is 1. The summed E-state index contributed by atoms with van der Waals surface area (Å²) in [5, 5.41) is 2.75. The molecular weight excluding hydrogens is 507 g/mol. The van der Waals surface area contributed by atoms with Crippen LogP contribution in [0.25, 0.3) is 0 Å². The topological polar surface area (TPSA) is 84.9 Å². The number of para-hydroxylation sites is 1. The fourth-order valence-corrected chi connectivity index (χ4v) is 4.40. The number of carbonyl (C=O) groups excluding carboxylic acids is 1. The molecule has 0 bridgehead atoms. The van der Waals surface area contributed by atoms with Gasteiger partial charge >= 0.3 is 0 Å². The monoisotopic (exact) mass is 534 g/mol. The molecule has 0 heterocycles. The van der Waals surface area contributed by atoms with Gasteiger partial charge in [0.1, 0.15) is 36.2 Å². The Balaban J connectivity index is 1.30. The van der Waals surface area contributed by atoms with Crippen molar-refractivity contribution in [1.82, 2.24) is 5.32 Å². The average molecular weight is 535 g/mol. The zero-order chi connectivity index (χ0) is 27.0. The lowest BCUT2D eigenvalue weighted by Gasteiger charge is -2.22. The molecule has 0 saturated heterocycles. The molecule has 4 aromatic carbocycles. The first-order chi connectivity index (χ1) is 18.3. The molecule has 0 aromatic heterocycles. The third kappa shape index (κ3) is 7.81. The van der Waals surface area contributed by atoms with E-state index in [0.29, 0.717) is 29.5 Å². The van der Waals surface area contributed by atoms with Crippen LogP contribution in [0.3, 0.4) is 0 Å². The average Bonchev–Trinajstić information content (AvgIpc) is 2.91. The second kappa shape index (κ2) is 12.2. The molecule has 1 amide bonds. The minimum Gasteiger partial charge on any atom is -0.489 e. The second-order valence-electron chi connectivity index (χ2n) is 8.51. The second-order valence-corrected chi connectivity index (χ2v) is 10.4. The Morgan fingerprint density at radius 1 is 0.789 bits per heavy atom. The molecule has 4 rings (SSSR count). The molecule has 7 nitrogen and oxygen atoms in total. The molecule has 0 atom stereocenters. The number of nitrogens with one attached hydrogen (secondary N) is 1. The lowest BCUT2D eigenvalue weighted by atomic mass is 10.2. The van der Waals surface area contributed by atoms with Crippen LogP contribution in [0.1, 0.15) is 11.1 Å². The van der Waals surface area contributed by atoms with Crippen molar-refractivity contribution in [3.05, 3.63) is 120 Å². The number of rotatable bonds is 11. The smallest absolute Gasteiger partial charge is 0.241 e. The highest BCUT2D eigenvalue weighted by Crippen LogP contribution is 2.25. The number of halogens is 1. The summed E-state index contributed by atoms with van der Waals surface area (Å²) in [6.07, 6.45) is 1.05. The third-order valence-corrected chi connectivity index (χ3v) is 6.66. The Morgan fingerprint density at radius 3 is 2.00 bits per heavy atom. The van der Waals surface area contributed by atoms with Crippen molar-refractivity contribution in [3.8, 4) is 17.2 Å². The molecule has 4 aromatic rings. The highest BCUT2D eigenvalue weighted by Gasteiger charge is 2.21. The number of ether oxygens (including phenoxy) is 2. The first kappa shape index (κ1) is 26.7. The number of anilines is 1. The number of carbonyl (C=O) groups is 1. The predicted molar refractivity (Wildman–Crippen MR) is 144 cm³/mol. The highest BCUT2D eigenvalue weighted by molar-refractivity contribution is 7.92. The van der Waals surface area contributed by atoms with Gasteiger partial charge in [-0.05, 0) is 71.8 Å². The molecule has 9 heteroatoms. The number of hydrogen-bond acceptors (Lipinski definition) is 5. The standard InChI is InChI=1S/C29H27FN2O5S/c1-38(34,35)32(25-13-17-28(18-14-25)37-27-5-3-2-4-6-27)20-29(33)31-19-22-9-15-26(16-10-22)36-21-23-7-11-24(30)12-8-23/h2-18H,19-21H2,1H3,(H,31,33). The van der Waals surface area contributed by atoms with Crippen LogP contribution >= 0.6 is 0 Å². The molecule has 0 aliphatic heterocycles. The van der Waals surface area contributed by atoms with Crippen molar-refractivity contribution in [2.75, 3.05) is 17.1 Å². The van der Waals surface area contributed by atoms with Gasteiger partial charge in [-0.1, -0.05) is 42.5 Å². The van der Waals surface area contributed by atoms with Crippen molar-refractivity contribution in [2.45, 2.75) is 13.2 Å². The van der Waals surface area contributed by atoms with E-state index < -0.39 is 15.9 Å². The molecule has 0 radical (unpaired) electrons. The van der Waals surface area contributed by atoms with Crippen LogP contribution in [-0.4, -0.2) is 27.1 Å². The van der Waals surface area contributed by atoms with Gasteiger partial charge in [-0.3, -0.25) is 9.10 Å². The Morgan fingerprint density at radius 2 is 1.37 bits per heavy atom. The summed E-state index contributed by atoms with van der Waals surface area (Å²) in [6, 6.07) is 28.9. The number of benzene rings is 4. The summed E-state index contributed by atoms with van der Waals surface area (Å²) in [5.41, 5.74) is 2.02. The molecule has 0 aliphatic carbocycles. The number of nitrogens with zero attached hydrogens (tertiary/aromatic N) is 1. The van der Waals surface area contributed by atoms with Gasteiger partial charge in [-0.2, -0.15) is 0 Å². The van der Waals surface area contributed by atoms with Crippen LogP contribution in [0.2, 0.25) is 0 Å². The quantitative estimate of drug-likeness (QED) is 0.283. The van der Waals surface area contributed by atoms with Crippen LogP contribution < -0.4 is 19.1 Å². The van der Waals surface area contributed by atoms with Gasteiger partial charge in [-0.15, -0.1) is 0 Å². The molecule has 38 heavy (non-hydrogen) atoms. The van der Waals surface area contributed by atoms with E-state index in [-0.39, 0.29) is 18.9 Å². The van der Waals surface area contributed by atoms with E-state index in [1.165, 1.54) is 12.1 Å². The summed E-state index contributed by atoms with van der Waals surface area (Å²) >= 11 is 0. The van der Waals surface area contributed by atoms with E-state index in [1.54, 1.807) is 60.7 Å². The van der Waals surface area contributed by atoms with Crippen molar-refractivity contribution in [3.63, 3.8) is 0 Å². The van der Waals surface area contributed by atoms with Crippen molar-refractivity contribution >= 4 is 21.6 Å². The first-order valence-electron chi connectivity index (χ1n) is 11.8. The van der Waals surface area contributed by atoms with Gasteiger partial charge in [0.2, 0.25) is 15.9 Å². The van der Waals surface area contributed by atoms with E-state index >= 15 is 0 Å². The Hall–Kier alpha value is -4.37. The molecular formula is C29H27FN2O5S. The van der Waals surface area contributed by atoms with Crippen molar-refractivity contribution in [1.29, 1.82) is 0 Å². The maximum Gasteiger partial charge on any atom is 0.241 e. The van der Waals surface area contributed by atoms with E-state index in [2.05, 4.69) is 5.32 Å². The first-order valence-corrected chi connectivity index (χ1v) is 13.6. The lowest BCUT2D eigenvalue weighted by Crippen LogP contribution is -2.40. The summed E-state index contributed by atoms with van der Waals surface area (Å²) in [7, 11) is -3.71. The van der Waals surface area contributed by atoms with E-state index in [0.717, 1.165) is 21.7 Å². The van der Waals surface area contributed by atoms with Gasteiger partial charge in [-0.25, -0.2) is 12.8 Å². The summed E-state index contributed by atoms with van der Waals surface area (Å²) in [6.45, 7) is 0.159. The zero-order valence-electron chi connectivity index (χ0n) is 20.7. The van der Waals surface area contributed by atoms with E-state index in [4.69, 9.17) is 9.47 Å². The van der Waals surface area contributed by atoms with Gasteiger partial charge in [0, 0.05) is 6.54 Å². The van der Waals surface area contributed by atoms with E-state index in [1.807, 2.05) is 30.3 Å². The van der Waals surface area contributed by atoms with Crippen LogP contribution in [-0.2, 0) is 28.0 Å². The van der Waals surface area contributed by atoms with Crippen molar-refractivity contribution in [2.24, 2.45) is 0 Å². The molecule has 196 valence electrons. The fraction of sp³-hybridized carbons (Fsp3) is 0.138. The summed E-state index contributed by atoms with van der Waals surface area (Å²) in [5.74, 6) is 1.09. The normalized spacial score (nSPS) is 11.0. The Kier molecular flexibility index (Phi) is 8.60. The third-order valence-electron chi connectivity index (χ3n) is 5.52. The Labute approximate surface area is 221 Å². The molecule has 0 saturated carbocycles. The zero-order valence-corrected chi connectivity index (χ0v) is 21.5. The maximum atomic E-state index is 13.0. The fourth-order valence-electron chi connectivity index (χ4n) is 3.54.